The van der Waals surface area contributed by atoms with Crippen molar-refractivity contribution in [3.63, 3.8) is 0 Å². The molecule has 7 nitrogen and oxygen atoms in total. The highest BCUT2D eigenvalue weighted by Crippen LogP contribution is 2.38. The molecule has 0 aliphatic carbocycles. The number of carbonyl (C=O) groups is 2. The summed E-state index contributed by atoms with van der Waals surface area (Å²) in [5, 5.41) is 19.3. The van der Waals surface area contributed by atoms with Gasteiger partial charge in [-0.2, -0.15) is 0 Å². The van der Waals surface area contributed by atoms with Gasteiger partial charge in [0, 0.05) is 7.05 Å². The Morgan fingerprint density at radius 3 is 2.57 bits per heavy atom. The molecule has 2 aromatic carbocycles. The van der Waals surface area contributed by atoms with Gasteiger partial charge in [-0.15, -0.1) is 0 Å². The second kappa shape index (κ2) is 7.95. The number of methoxy groups -OCH3 is 1. The summed E-state index contributed by atoms with van der Waals surface area (Å²) in [4.78, 5) is 29.7. The number of likely N-dealkylation sites (N-methyl/N-ethyl adjacent to an activating group) is 1. The van der Waals surface area contributed by atoms with Crippen molar-refractivity contribution in [1.29, 1.82) is 0 Å². The number of hydrogen-bond acceptors (Lipinski definition) is 6. The Hall–Kier alpha value is -2.97. The number of carboxylic acid groups (broad SMARTS) is 1. The molecular weight excluding hydrogens is 404 g/mol. The van der Waals surface area contributed by atoms with Crippen LogP contribution in [0.3, 0.4) is 0 Å². The van der Waals surface area contributed by atoms with Crippen molar-refractivity contribution in [2.75, 3.05) is 14.2 Å². The van der Waals surface area contributed by atoms with Crippen molar-refractivity contribution in [3.05, 3.63) is 57.5 Å². The number of benzene rings is 2. The minimum absolute atomic E-state index is 0.113. The molecule has 28 heavy (non-hydrogen) atoms. The highest BCUT2D eigenvalue weighted by Gasteiger charge is 2.30. The number of phenolic OH excluding ortho intramolecular Hbond substituents is 1. The zero-order valence-corrected chi connectivity index (χ0v) is 16.4. The number of aromatic carboxylic acids is 1. The molecule has 1 amide bonds. The third-order valence-corrected chi connectivity index (χ3v) is 5.26. The van der Waals surface area contributed by atoms with E-state index in [1.54, 1.807) is 31.3 Å². The molecule has 1 fully saturated rings. The van der Waals surface area contributed by atoms with Crippen LogP contribution in [0.15, 0.2) is 46.3 Å². The molecule has 0 atom stereocenters. The summed E-state index contributed by atoms with van der Waals surface area (Å²) in [5.74, 6) is -1.22. The largest absolute Gasteiger partial charge is 0.503 e. The molecule has 1 saturated heterocycles. The molecule has 0 bridgehead atoms. The third-order valence-electron chi connectivity index (χ3n) is 3.91. The number of rotatable bonds is 4. The summed E-state index contributed by atoms with van der Waals surface area (Å²) in [6, 6.07) is 9.14. The molecule has 1 heterocycles. The second-order valence-electron chi connectivity index (χ2n) is 5.77. The van der Waals surface area contributed by atoms with E-state index in [1.807, 2.05) is 0 Å². The molecule has 144 valence electrons. The van der Waals surface area contributed by atoms with E-state index in [9.17, 15) is 14.7 Å². The molecule has 0 radical (unpaired) electrons. The molecule has 0 unspecified atom stereocenters. The third kappa shape index (κ3) is 3.97. The number of thioether (sulfide) groups is 1. The van der Waals surface area contributed by atoms with E-state index in [1.165, 1.54) is 42.0 Å². The summed E-state index contributed by atoms with van der Waals surface area (Å²) < 4.78 is 5.07. The van der Waals surface area contributed by atoms with E-state index in [4.69, 9.17) is 21.4 Å². The smallest absolute Gasteiger partial charge is 0.335 e. The van der Waals surface area contributed by atoms with Gasteiger partial charge in [0.15, 0.2) is 16.7 Å². The number of amidine groups is 1. The van der Waals surface area contributed by atoms with Gasteiger partial charge in [0.25, 0.3) is 5.91 Å². The Morgan fingerprint density at radius 2 is 1.96 bits per heavy atom. The van der Waals surface area contributed by atoms with Gasteiger partial charge in [0.05, 0.1) is 28.3 Å². The molecule has 0 spiro atoms. The van der Waals surface area contributed by atoms with Crippen LogP contribution in [-0.2, 0) is 4.79 Å². The summed E-state index contributed by atoms with van der Waals surface area (Å²) in [6.45, 7) is 0. The quantitative estimate of drug-likeness (QED) is 0.728. The fourth-order valence-corrected chi connectivity index (χ4v) is 3.63. The van der Waals surface area contributed by atoms with Crippen LogP contribution in [0.2, 0.25) is 5.02 Å². The summed E-state index contributed by atoms with van der Waals surface area (Å²) >= 11 is 7.17. The normalized spacial score (nSPS) is 16.8. The lowest BCUT2D eigenvalue weighted by Gasteiger charge is -2.07. The Bertz CT molecular complexity index is 1020. The van der Waals surface area contributed by atoms with Crippen molar-refractivity contribution in [2.24, 2.45) is 4.99 Å². The maximum atomic E-state index is 12.5. The second-order valence-corrected chi connectivity index (χ2v) is 7.19. The van der Waals surface area contributed by atoms with Crippen LogP contribution in [0.25, 0.3) is 6.08 Å². The van der Waals surface area contributed by atoms with Crippen LogP contribution in [0.4, 0.5) is 5.69 Å². The minimum atomic E-state index is -1.02. The highest BCUT2D eigenvalue weighted by atomic mass is 35.5. The van der Waals surface area contributed by atoms with E-state index in [-0.39, 0.29) is 28.0 Å². The molecule has 0 aromatic heterocycles. The average molecular weight is 419 g/mol. The lowest BCUT2D eigenvalue weighted by molar-refractivity contribution is -0.121. The average Bonchev–Trinajstić information content (AvgIpc) is 2.92. The van der Waals surface area contributed by atoms with Gasteiger partial charge in [-0.1, -0.05) is 11.6 Å². The molecular formula is C19H15ClN2O5S. The number of aliphatic imine (C=N–C) groups is 1. The SMILES string of the molecule is COc1cc(C=C2SC(=Nc3ccc(C(=O)O)cc3)N(C)C2=O)cc(Cl)c1O. The van der Waals surface area contributed by atoms with Crippen LogP contribution < -0.4 is 4.74 Å². The maximum absolute atomic E-state index is 12.5. The Balaban J connectivity index is 1.90. The van der Waals surface area contributed by atoms with E-state index < -0.39 is 5.97 Å². The number of nitrogens with zero attached hydrogens (tertiary/aromatic N) is 2. The van der Waals surface area contributed by atoms with Crippen LogP contribution in [-0.4, -0.2) is 46.3 Å². The number of phenols is 1. The Labute approximate surface area is 169 Å². The van der Waals surface area contributed by atoms with E-state index in [2.05, 4.69) is 4.99 Å². The van der Waals surface area contributed by atoms with Gasteiger partial charge in [0.1, 0.15) is 0 Å². The van der Waals surface area contributed by atoms with Crippen molar-refractivity contribution in [2.45, 2.75) is 0 Å². The number of ether oxygens (including phenoxy) is 1. The van der Waals surface area contributed by atoms with Gasteiger partial charge in [0.2, 0.25) is 0 Å². The molecule has 1 aliphatic rings. The Kier molecular flexibility index (Phi) is 5.62. The number of carbonyl (C=O) groups excluding carboxylic acids is 1. The van der Waals surface area contributed by atoms with Gasteiger partial charge in [-0.3, -0.25) is 9.69 Å². The monoisotopic (exact) mass is 418 g/mol. The first-order valence-corrected chi connectivity index (χ1v) is 9.15. The van der Waals surface area contributed by atoms with E-state index >= 15 is 0 Å². The first-order valence-electron chi connectivity index (χ1n) is 7.96. The van der Waals surface area contributed by atoms with Crippen molar-refractivity contribution in [3.8, 4) is 11.5 Å². The van der Waals surface area contributed by atoms with Gasteiger partial charge >= 0.3 is 5.97 Å². The molecule has 2 aromatic rings. The van der Waals surface area contributed by atoms with Crippen molar-refractivity contribution >= 4 is 52.2 Å². The predicted molar refractivity (Wildman–Crippen MR) is 109 cm³/mol. The lowest BCUT2D eigenvalue weighted by atomic mass is 10.2. The standard InChI is InChI=1S/C19H15ClN2O5S/c1-22-17(24)15(9-10-7-13(20)16(23)14(8-10)27-2)28-19(22)21-12-5-3-11(4-6-12)18(25)26/h3-9,23H,1-2H3,(H,25,26). The fourth-order valence-electron chi connectivity index (χ4n) is 2.42. The number of aromatic hydroxyl groups is 1. The van der Waals surface area contributed by atoms with Crippen LogP contribution >= 0.6 is 23.4 Å². The van der Waals surface area contributed by atoms with Gasteiger partial charge in [-0.25, -0.2) is 9.79 Å². The topological polar surface area (TPSA) is 99.4 Å². The minimum Gasteiger partial charge on any atom is -0.503 e. The zero-order valence-electron chi connectivity index (χ0n) is 14.8. The summed E-state index contributed by atoms with van der Waals surface area (Å²) in [5.41, 5.74) is 1.28. The first-order chi connectivity index (χ1) is 13.3. The molecule has 9 heteroatoms. The van der Waals surface area contributed by atoms with Crippen molar-refractivity contribution in [1.82, 2.24) is 4.90 Å². The summed E-state index contributed by atoms with van der Waals surface area (Å²) in [7, 11) is 3.01. The first kappa shape index (κ1) is 19.8. The fraction of sp³-hybridized carbons (Fsp3) is 0.105. The van der Waals surface area contributed by atoms with E-state index in [0.717, 1.165) is 0 Å². The Morgan fingerprint density at radius 1 is 1.29 bits per heavy atom. The van der Waals surface area contributed by atoms with E-state index in [0.29, 0.717) is 21.3 Å². The lowest BCUT2D eigenvalue weighted by Crippen LogP contribution is -2.23. The van der Waals surface area contributed by atoms with Gasteiger partial charge in [-0.05, 0) is 59.8 Å². The number of hydrogen-bond donors (Lipinski definition) is 2. The van der Waals surface area contributed by atoms with Crippen LogP contribution in [0.1, 0.15) is 15.9 Å². The summed E-state index contributed by atoms with van der Waals surface area (Å²) in [6.07, 6.45) is 1.63. The molecule has 0 saturated carbocycles. The number of halogens is 1. The highest BCUT2D eigenvalue weighted by molar-refractivity contribution is 8.18. The van der Waals surface area contributed by atoms with Gasteiger partial charge < -0.3 is 14.9 Å². The van der Waals surface area contributed by atoms with Crippen LogP contribution in [0.5, 0.6) is 11.5 Å². The molecule has 3 rings (SSSR count). The van der Waals surface area contributed by atoms with Crippen molar-refractivity contribution < 1.29 is 24.5 Å². The molecule has 2 N–H and O–H groups in total. The van der Waals surface area contributed by atoms with Crippen LogP contribution in [0, 0.1) is 0 Å². The molecule has 1 aliphatic heterocycles. The predicted octanol–water partition coefficient (Wildman–Crippen LogP) is 3.99. The number of carboxylic acids is 1. The zero-order chi connectivity index (χ0) is 20.4. The maximum Gasteiger partial charge on any atom is 0.335 e. The number of amides is 1.